The van der Waals surface area contributed by atoms with Crippen LogP contribution in [0.1, 0.15) is 31.2 Å². The molecule has 0 radical (unpaired) electrons. The van der Waals surface area contributed by atoms with Crippen molar-refractivity contribution < 1.29 is 4.39 Å². The highest BCUT2D eigenvalue weighted by molar-refractivity contribution is 5.20. The van der Waals surface area contributed by atoms with Crippen molar-refractivity contribution in [2.75, 3.05) is 13.1 Å². The lowest BCUT2D eigenvalue weighted by atomic mass is 9.66. The third-order valence-electron chi connectivity index (χ3n) is 4.64. The topological polar surface area (TPSA) is 12.0 Å². The van der Waals surface area contributed by atoms with E-state index in [4.69, 9.17) is 0 Å². The van der Waals surface area contributed by atoms with E-state index in [9.17, 15) is 4.39 Å². The van der Waals surface area contributed by atoms with Crippen molar-refractivity contribution in [3.8, 4) is 0 Å². The summed E-state index contributed by atoms with van der Waals surface area (Å²) in [6.45, 7) is 2.30. The molecule has 1 N–H and O–H groups in total. The summed E-state index contributed by atoms with van der Waals surface area (Å²) < 4.78 is 12.9. The number of benzene rings is 1. The van der Waals surface area contributed by atoms with Crippen LogP contribution in [0.5, 0.6) is 0 Å². The molecule has 1 aromatic rings. The van der Waals surface area contributed by atoms with Gasteiger partial charge < -0.3 is 5.32 Å². The molecule has 1 aromatic carbocycles. The van der Waals surface area contributed by atoms with E-state index in [-0.39, 0.29) is 5.82 Å². The fourth-order valence-corrected chi connectivity index (χ4v) is 3.55. The first-order chi connectivity index (χ1) is 8.28. The van der Waals surface area contributed by atoms with Crippen LogP contribution in [0.15, 0.2) is 24.3 Å². The van der Waals surface area contributed by atoms with Crippen LogP contribution in [0, 0.1) is 17.2 Å². The van der Waals surface area contributed by atoms with Crippen LogP contribution in [-0.4, -0.2) is 13.1 Å². The first kappa shape index (κ1) is 11.2. The molecule has 0 unspecified atom stereocenters. The average Bonchev–Trinajstić information content (AvgIpc) is 2.80. The van der Waals surface area contributed by atoms with Crippen LogP contribution in [-0.2, 0) is 6.42 Å². The summed E-state index contributed by atoms with van der Waals surface area (Å²) in [5.41, 5.74) is 1.76. The summed E-state index contributed by atoms with van der Waals surface area (Å²) in [6.07, 6.45) is 6.70. The zero-order valence-electron chi connectivity index (χ0n) is 10.2. The van der Waals surface area contributed by atoms with Crippen molar-refractivity contribution in [2.45, 2.75) is 32.1 Å². The second-order valence-corrected chi connectivity index (χ2v) is 5.75. The first-order valence-electron chi connectivity index (χ1n) is 6.74. The molecule has 92 valence electrons. The molecule has 2 aliphatic rings. The van der Waals surface area contributed by atoms with Gasteiger partial charge in [0.2, 0.25) is 0 Å². The highest BCUT2D eigenvalue weighted by atomic mass is 19.1. The smallest absolute Gasteiger partial charge is 0.123 e. The molecule has 0 spiro atoms. The van der Waals surface area contributed by atoms with E-state index in [0.717, 1.165) is 25.4 Å². The molecule has 1 aliphatic heterocycles. The van der Waals surface area contributed by atoms with Gasteiger partial charge in [-0.15, -0.1) is 0 Å². The highest BCUT2D eigenvalue weighted by Crippen LogP contribution is 2.44. The average molecular weight is 233 g/mol. The second-order valence-electron chi connectivity index (χ2n) is 5.75. The monoisotopic (exact) mass is 233 g/mol. The minimum absolute atomic E-state index is 0.129. The standard InChI is InChI=1S/C15H20FN/c16-14-7-5-12(6-8-14)9-15(10-17-11-15)13-3-1-2-4-13/h5-8,13,17H,1-4,9-11H2. The van der Waals surface area contributed by atoms with Crippen LogP contribution in [0.3, 0.4) is 0 Å². The Morgan fingerprint density at radius 1 is 1.12 bits per heavy atom. The van der Waals surface area contributed by atoms with Crippen molar-refractivity contribution in [3.05, 3.63) is 35.6 Å². The highest BCUT2D eigenvalue weighted by Gasteiger charge is 2.44. The molecule has 0 bridgehead atoms. The predicted octanol–water partition coefficient (Wildman–Crippen LogP) is 3.15. The Bertz CT molecular complexity index is 374. The third kappa shape index (κ3) is 2.11. The van der Waals surface area contributed by atoms with Crippen LogP contribution in [0.4, 0.5) is 4.39 Å². The molecule has 2 fully saturated rings. The van der Waals surface area contributed by atoms with E-state index >= 15 is 0 Å². The van der Waals surface area contributed by atoms with Gasteiger partial charge in [0.05, 0.1) is 0 Å². The first-order valence-corrected chi connectivity index (χ1v) is 6.74. The fourth-order valence-electron chi connectivity index (χ4n) is 3.55. The molecule has 17 heavy (non-hydrogen) atoms. The number of rotatable bonds is 3. The van der Waals surface area contributed by atoms with E-state index in [2.05, 4.69) is 5.32 Å². The lowest BCUT2D eigenvalue weighted by molar-refractivity contribution is 0.0811. The molecule has 1 saturated carbocycles. The predicted molar refractivity (Wildman–Crippen MR) is 67.4 cm³/mol. The molecule has 0 amide bonds. The molecule has 3 rings (SSSR count). The van der Waals surface area contributed by atoms with Crippen LogP contribution in [0.25, 0.3) is 0 Å². The lowest BCUT2D eigenvalue weighted by Gasteiger charge is -2.48. The van der Waals surface area contributed by atoms with E-state index in [0.29, 0.717) is 5.41 Å². The molecular formula is C15H20FN. The summed E-state index contributed by atoms with van der Waals surface area (Å²) in [7, 11) is 0. The molecule has 0 aromatic heterocycles. The van der Waals surface area contributed by atoms with E-state index in [1.807, 2.05) is 12.1 Å². The summed E-state index contributed by atoms with van der Waals surface area (Å²) in [5, 5.41) is 3.44. The number of halogens is 1. The molecule has 1 aliphatic carbocycles. The minimum Gasteiger partial charge on any atom is -0.315 e. The number of hydrogen-bond donors (Lipinski definition) is 1. The lowest BCUT2D eigenvalue weighted by Crippen LogP contribution is -2.58. The SMILES string of the molecule is Fc1ccc(CC2(C3CCCC3)CNC2)cc1. The number of nitrogens with one attached hydrogen (secondary N) is 1. The van der Waals surface area contributed by atoms with Gasteiger partial charge in [-0.2, -0.15) is 0 Å². The summed E-state index contributed by atoms with van der Waals surface area (Å²) in [4.78, 5) is 0. The van der Waals surface area contributed by atoms with Crippen molar-refractivity contribution in [3.63, 3.8) is 0 Å². The molecule has 0 atom stereocenters. The maximum atomic E-state index is 12.9. The maximum Gasteiger partial charge on any atom is 0.123 e. The molecule has 1 nitrogen and oxygen atoms in total. The van der Waals surface area contributed by atoms with Gasteiger partial charge in [-0.3, -0.25) is 0 Å². The molecule has 1 saturated heterocycles. The van der Waals surface area contributed by atoms with Gasteiger partial charge in [0, 0.05) is 18.5 Å². The fraction of sp³-hybridized carbons (Fsp3) is 0.600. The van der Waals surface area contributed by atoms with Crippen LogP contribution >= 0.6 is 0 Å². The largest absolute Gasteiger partial charge is 0.315 e. The quantitative estimate of drug-likeness (QED) is 0.845. The van der Waals surface area contributed by atoms with Gasteiger partial charge in [-0.25, -0.2) is 4.39 Å². The van der Waals surface area contributed by atoms with Gasteiger partial charge >= 0.3 is 0 Å². The van der Waals surface area contributed by atoms with E-state index in [1.54, 1.807) is 12.1 Å². The summed E-state index contributed by atoms with van der Waals surface area (Å²) in [5.74, 6) is 0.754. The molecule has 2 heteroatoms. The van der Waals surface area contributed by atoms with Crippen LogP contribution < -0.4 is 5.32 Å². The van der Waals surface area contributed by atoms with Crippen molar-refractivity contribution in [1.29, 1.82) is 0 Å². The normalized spacial score (nSPS) is 23.6. The second kappa shape index (κ2) is 4.41. The summed E-state index contributed by atoms with van der Waals surface area (Å²) >= 11 is 0. The minimum atomic E-state index is -0.129. The third-order valence-corrected chi connectivity index (χ3v) is 4.64. The number of hydrogen-bond acceptors (Lipinski definition) is 1. The van der Waals surface area contributed by atoms with E-state index in [1.165, 1.54) is 31.2 Å². The van der Waals surface area contributed by atoms with Gasteiger partial charge in [0.15, 0.2) is 0 Å². The van der Waals surface area contributed by atoms with Crippen molar-refractivity contribution in [1.82, 2.24) is 5.32 Å². The van der Waals surface area contributed by atoms with E-state index < -0.39 is 0 Å². The van der Waals surface area contributed by atoms with Gasteiger partial charge in [-0.05, 0) is 42.9 Å². The van der Waals surface area contributed by atoms with Gasteiger partial charge in [0.1, 0.15) is 5.82 Å². The van der Waals surface area contributed by atoms with Gasteiger partial charge in [-0.1, -0.05) is 25.0 Å². The Hall–Kier alpha value is -0.890. The Morgan fingerprint density at radius 2 is 1.76 bits per heavy atom. The Labute approximate surface area is 102 Å². The Kier molecular flexibility index (Phi) is 2.91. The zero-order chi connectivity index (χ0) is 11.7. The zero-order valence-corrected chi connectivity index (χ0v) is 10.2. The molecular weight excluding hydrogens is 213 g/mol. The Morgan fingerprint density at radius 3 is 2.29 bits per heavy atom. The van der Waals surface area contributed by atoms with Crippen molar-refractivity contribution in [2.24, 2.45) is 11.3 Å². The summed E-state index contributed by atoms with van der Waals surface area (Å²) in [6, 6.07) is 7.07. The van der Waals surface area contributed by atoms with Crippen LogP contribution in [0.2, 0.25) is 0 Å². The van der Waals surface area contributed by atoms with Crippen molar-refractivity contribution >= 4 is 0 Å². The molecule has 1 heterocycles. The van der Waals surface area contributed by atoms with Gasteiger partial charge in [0.25, 0.3) is 0 Å². The Balaban J connectivity index is 1.75. The maximum absolute atomic E-state index is 12.9.